The summed E-state index contributed by atoms with van der Waals surface area (Å²) in [4.78, 5) is 31.9. The summed E-state index contributed by atoms with van der Waals surface area (Å²) in [6.07, 6.45) is -1.02. The number of anilines is 1. The van der Waals surface area contributed by atoms with Crippen molar-refractivity contribution < 1.29 is 14.4 Å². The van der Waals surface area contributed by atoms with E-state index in [0.29, 0.717) is 32.0 Å². The lowest BCUT2D eigenvalue weighted by molar-refractivity contribution is -0.126. The summed E-state index contributed by atoms with van der Waals surface area (Å²) in [7, 11) is 0. The molecule has 0 bridgehead atoms. The monoisotopic (exact) mass is 394 g/mol. The fourth-order valence-electron chi connectivity index (χ4n) is 2.99. The van der Waals surface area contributed by atoms with Crippen molar-refractivity contribution in [3.05, 3.63) is 63.1 Å². The summed E-state index contributed by atoms with van der Waals surface area (Å²) >= 11 is 18.2. The van der Waals surface area contributed by atoms with E-state index in [1.54, 1.807) is 24.3 Å². The third-order valence-electron chi connectivity index (χ3n) is 4.07. The smallest absolute Gasteiger partial charge is 0.278 e. The molecule has 2 aliphatic heterocycles. The molecule has 2 aromatic rings. The van der Waals surface area contributed by atoms with Crippen LogP contribution in [0.2, 0.25) is 15.1 Å². The number of oxime groups is 1. The van der Waals surface area contributed by atoms with E-state index >= 15 is 0 Å². The molecule has 0 aromatic heterocycles. The van der Waals surface area contributed by atoms with Crippen LogP contribution in [0.5, 0.6) is 0 Å². The molecule has 2 unspecified atom stereocenters. The predicted molar refractivity (Wildman–Crippen MR) is 95.3 cm³/mol. The molecule has 1 fully saturated rings. The predicted octanol–water partition coefficient (Wildman–Crippen LogP) is 3.94. The standard InChI is InChI=1S/C17H9Cl3N2O3/c18-8-5-9(19)7-10(6-8)22-16(23)13-14(21-25-15(13)17(22)24)11-3-1-2-4-12(11)20/h1-7,13,15H. The lowest BCUT2D eigenvalue weighted by Crippen LogP contribution is -2.33. The van der Waals surface area contributed by atoms with Gasteiger partial charge >= 0.3 is 0 Å². The van der Waals surface area contributed by atoms with Gasteiger partial charge in [0.15, 0.2) is 0 Å². The zero-order valence-corrected chi connectivity index (χ0v) is 14.7. The Morgan fingerprint density at radius 3 is 2.32 bits per heavy atom. The molecular weight excluding hydrogens is 387 g/mol. The summed E-state index contributed by atoms with van der Waals surface area (Å²) in [5.74, 6) is -1.83. The molecule has 2 aliphatic rings. The number of hydrogen-bond acceptors (Lipinski definition) is 4. The average Bonchev–Trinajstić information content (AvgIpc) is 3.08. The van der Waals surface area contributed by atoms with Crippen LogP contribution in [0.25, 0.3) is 0 Å². The van der Waals surface area contributed by atoms with Crippen LogP contribution in [0.1, 0.15) is 5.56 Å². The fraction of sp³-hybridized carbons (Fsp3) is 0.118. The Morgan fingerprint density at radius 2 is 1.64 bits per heavy atom. The average molecular weight is 396 g/mol. The van der Waals surface area contributed by atoms with Crippen molar-refractivity contribution in [3.8, 4) is 0 Å². The second kappa shape index (κ2) is 6.02. The number of imide groups is 1. The summed E-state index contributed by atoms with van der Waals surface area (Å²) in [6.45, 7) is 0. The molecule has 0 spiro atoms. The molecule has 126 valence electrons. The highest BCUT2D eigenvalue weighted by molar-refractivity contribution is 6.39. The minimum absolute atomic E-state index is 0.295. The molecule has 8 heteroatoms. The molecular formula is C17H9Cl3N2O3. The third kappa shape index (κ3) is 2.59. The minimum atomic E-state index is -1.02. The van der Waals surface area contributed by atoms with Gasteiger partial charge in [0.1, 0.15) is 11.6 Å². The molecule has 0 saturated carbocycles. The number of halogens is 3. The van der Waals surface area contributed by atoms with Crippen LogP contribution in [0, 0.1) is 5.92 Å². The second-order valence-electron chi connectivity index (χ2n) is 5.60. The van der Waals surface area contributed by atoms with E-state index in [-0.39, 0.29) is 0 Å². The molecule has 0 N–H and O–H groups in total. The summed E-state index contributed by atoms with van der Waals surface area (Å²) in [5, 5.41) is 4.99. The molecule has 2 atom stereocenters. The van der Waals surface area contributed by atoms with Crippen LogP contribution >= 0.6 is 34.8 Å². The van der Waals surface area contributed by atoms with E-state index in [1.807, 2.05) is 0 Å². The molecule has 0 radical (unpaired) electrons. The largest absolute Gasteiger partial charge is 0.381 e. The Kier molecular flexibility index (Phi) is 3.95. The molecule has 4 rings (SSSR count). The highest BCUT2D eigenvalue weighted by Gasteiger charge is 2.56. The number of fused-ring (bicyclic) bond motifs is 1. The molecule has 2 aromatic carbocycles. The topological polar surface area (TPSA) is 59.0 Å². The zero-order valence-electron chi connectivity index (χ0n) is 12.4. The van der Waals surface area contributed by atoms with E-state index in [0.717, 1.165) is 4.90 Å². The molecule has 1 saturated heterocycles. The molecule has 0 aliphatic carbocycles. The number of hydrogen-bond donors (Lipinski definition) is 0. The van der Waals surface area contributed by atoms with Crippen molar-refractivity contribution in [1.82, 2.24) is 0 Å². The number of rotatable bonds is 2. The van der Waals surface area contributed by atoms with Gasteiger partial charge < -0.3 is 4.84 Å². The van der Waals surface area contributed by atoms with Gasteiger partial charge in [-0.3, -0.25) is 9.59 Å². The van der Waals surface area contributed by atoms with Crippen molar-refractivity contribution in [2.24, 2.45) is 11.1 Å². The van der Waals surface area contributed by atoms with Crippen LogP contribution in [0.3, 0.4) is 0 Å². The van der Waals surface area contributed by atoms with Gasteiger partial charge in [-0.25, -0.2) is 4.90 Å². The van der Waals surface area contributed by atoms with Gasteiger partial charge in [0.25, 0.3) is 5.91 Å². The first-order valence-electron chi connectivity index (χ1n) is 7.30. The summed E-state index contributed by atoms with van der Waals surface area (Å²) in [6, 6.07) is 11.5. The molecule has 2 heterocycles. The van der Waals surface area contributed by atoms with Gasteiger partial charge in [0.2, 0.25) is 12.0 Å². The number of benzene rings is 2. The second-order valence-corrected chi connectivity index (χ2v) is 6.88. The van der Waals surface area contributed by atoms with E-state index in [9.17, 15) is 9.59 Å². The van der Waals surface area contributed by atoms with Gasteiger partial charge in [-0.1, -0.05) is 58.2 Å². The van der Waals surface area contributed by atoms with Crippen molar-refractivity contribution in [2.75, 3.05) is 4.90 Å². The third-order valence-corrected chi connectivity index (χ3v) is 4.83. The quantitative estimate of drug-likeness (QED) is 0.724. The van der Waals surface area contributed by atoms with Gasteiger partial charge in [-0.2, -0.15) is 0 Å². The Hall–Kier alpha value is -2.08. The van der Waals surface area contributed by atoms with Crippen LogP contribution in [0.4, 0.5) is 5.69 Å². The lowest BCUT2D eigenvalue weighted by Gasteiger charge is -2.16. The van der Waals surface area contributed by atoms with Crippen LogP contribution in [-0.2, 0) is 14.4 Å². The van der Waals surface area contributed by atoms with Gasteiger partial charge in [0.05, 0.1) is 5.69 Å². The van der Waals surface area contributed by atoms with Crippen molar-refractivity contribution in [3.63, 3.8) is 0 Å². The van der Waals surface area contributed by atoms with Gasteiger partial charge in [-0.05, 0) is 24.3 Å². The first kappa shape index (κ1) is 16.4. The van der Waals surface area contributed by atoms with Crippen molar-refractivity contribution >= 4 is 58.0 Å². The summed E-state index contributed by atoms with van der Waals surface area (Å²) in [5.41, 5.74) is 1.19. The zero-order chi connectivity index (χ0) is 17.7. The van der Waals surface area contributed by atoms with E-state index in [1.165, 1.54) is 18.2 Å². The first-order valence-corrected chi connectivity index (χ1v) is 8.43. The summed E-state index contributed by atoms with van der Waals surface area (Å²) < 4.78 is 0. The fourth-order valence-corrected chi connectivity index (χ4v) is 3.74. The first-order chi connectivity index (χ1) is 12.0. The van der Waals surface area contributed by atoms with Gasteiger partial charge in [-0.15, -0.1) is 0 Å². The number of carbonyl (C=O) groups excluding carboxylic acids is 2. The van der Waals surface area contributed by atoms with Crippen LogP contribution < -0.4 is 4.90 Å². The molecule has 25 heavy (non-hydrogen) atoms. The number of nitrogens with zero attached hydrogens (tertiary/aromatic N) is 2. The van der Waals surface area contributed by atoms with Crippen molar-refractivity contribution in [2.45, 2.75) is 6.10 Å². The number of amides is 2. The highest BCUT2D eigenvalue weighted by Crippen LogP contribution is 2.37. The Balaban J connectivity index is 1.75. The Morgan fingerprint density at radius 1 is 0.960 bits per heavy atom. The number of carbonyl (C=O) groups is 2. The van der Waals surface area contributed by atoms with Gasteiger partial charge in [0, 0.05) is 20.6 Å². The Bertz CT molecular complexity index is 924. The van der Waals surface area contributed by atoms with Crippen LogP contribution in [0.15, 0.2) is 47.6 Å². The minimum Gasteiger partial charge on any atom is -0.381 e. The van der Waals surface area contributed by atoms with E-state index < -0.39 is 23.8 Å². The SMILES string of the molecule is O=C1C2ON=C(c3ccccc3Cl)C2C(=O)N1c1cc(Cl)cc(Cl)c1. The Labute approximate surface area is 157 Å². The molecule has 2 amide bonds. The normalized spacial score (nSPS) is 22.0. The van der Waals surface area contributed by atoms with E-state index in [4.69, 9.17) is 39.6 Å². The van der Waals surface area contributed by atoms with E-state index in [2.05, 4.69) is 5.16 Å². The highest BCUT2D eigenvalue weighted by atomic mass is 35.5. The van der Waals surface area contributed by atoms with Crippen molar-refractivity contribution in [1.29, 1.82) is 0 Å². The maximum atomic E-state index is 12.9. The van der Waals surface area contributed by atoms with Crippen LogP contribution in [-0.4, -0.2) is 23.6 Å². The maximum Gasteiger partial charge on any atom is 0.278 e. The lowest BCUT2D eigenvalue weighted by atomic mass is 9.94. The molecule has 5 nitrogen and oxygen atoms in total. The maximum absolute atomic E-state index is 12.9.